The van der Waals surface area contributed by atoms with Gasteiger partial charge in [0.25, 0.3) is 0 Å². The number of hydrogen-bond acceptors (Lipinski definition) is 0. The Balaban J connectivity index is 1.40. The van der Waals surface area contributed by atoms with Gasteiger partial charge in [-0.1, -0.05) is 51.2 Å². The van der Waals surface area contributed by atoms with Gasteiger partial charge in [-0.3, -0.25) is 0 Å². The third-order valence-electron chi connectivity index (χ3n) is 8.00. The van der Waals surface area contributed by atoms with Crippen LogP contribution in [0.3, 0.4) is 0 Å². The molecule has 186 valence electrons. The van der Waals surface area contributed by atoms with E-state index in [-0.39, 0.29) is 5.92 Å². The van der Waals surface area contributed by atoms with Crippen LogP contribution in [0.4, 0.5) is 22.0 Å². The number of halogens is 5. The Labute approximate surface area is 196 Å². The number of unbranched alkanes of at least 4 members (excludes halogenated alkanes) is 3. The molecule has 0 aliphatic heterocycles. The van der Waals surface area contributed by atoms with Crippen LogP contribution in [0.5, 0.6) is 0 Å². The van der Waals surface area contributed by atoms with E-state index in [0.717, 1.165) is 49.7 Å². The van der Waals surface area contributed by atoms with Crippen molar-refractivity contribution in [3.63, 3.8) is 0 Å². The van der Waals surface area contributed by atoms with Crippen LogP contribution < -0.4 is 0 Å². The fraction of sp³-hybridized carbons (Fsp3) is 0.714. The quantitative estimate of drug-likeness (QED) is 0.191. The van der Waals surface area contributed by atoms with Crippen molar-refractivity contribution < 1.29 is 22.0 Å². The van der Waals surface area contributed by atoms with Gasteiger partial charge in [0.05, 0.1) is 0 Å². The smallest absolute Gasteiger partial charge is 0.206 e. The van der Waals surface area contributed by atoms with Gasteiger partial charge in [0.2, 0.25) is 0 Å². The maximum atomic E-state index is 14.0. The molecule has 2 aliphatic rings. The Kier molecular flexibility index (Phi) is 9.81. The lowest BCUT2D eigenvalue weighted by Crippen LogP contribution is -2.25. The first-order chi connectivity index (χ1) is 15.8. The highest BCUT2D eigenvalue weighted by molar-refractivity contribution is 5.30. The third kappa shape index (κ3) is 7.55. The van der Waals surface area contributed by atoms with Crippen LogP contribution in [0.15, 0.2) is 24.3 Å². The highest BCUT2D eigenvalue weighted by atomic mass is 19.4. The van der Waals surface area contributed by atoms with Crippen molar-refractivity contribution in [3.05, 3.63) is 47.0 Å². The normalized spacial score (nSPS) is 26.7. The number of allylic oxidation sites excluding steroid dienone is 2. The highest BCUT2D eigenvalue weighted by Crippen LogP contribution is 2.45. The molecule has 2 aliphatic carbocycles. The molecule has 5 heteroatoms. The summed E-state index contributed by atoms with van der Waals surface area (Å²) in [6, 6.07) is 1.81. The van der Waals surface area contributed by atoms with Gasteiger partial charge in [0.15, 0.2) is 0 Å². The zero-order valence-electron chi connectivity index (χ0n) is 19.9. The summed E-state index contributed by atoms with van der Waals surface area (Å²) in [5.41, 5.74) is -1.39. The van der Waals surface area contributed by atoms with Gasteiger partial charge in [-0.2, -0.15) is 13.2 Å². The Morgan fingerprint density at radius 3 is 1.88 bits per heavy atom. The first-order valence-corrected chi connectivity index (χ1v) is 13.0. The molecule has 0 atom stereocenters. The fourth-order valence-electron chi connectivity index (χ4n) is 6.07. The minimum atomic E-state index is -5.01. The molecule has 2 saturated carbocycles. The zero-order chi connectivity index (χ0) is 23.8. The predicted molar refractivity (Wildman–Crippen MR) is 124 cm³/mol. The molecule has 1 aromatic rings. The number of hydrogen-bond donors (Lipinski definition) is 0. The summed E-state index contributed by atoms with van der Waals surface area (Å²) in [6.45, 7) is 2.20. The standard InChI is InChI=1S/C28H39F5/c1-2-3-4-5-6-7-8-9-20-10-12-21(13-11-20)22-14-16-23(17-15-22)24-18-25(29)27(26(30)19-24)28(31,32)33/h4-5,18-23H,2-3,6-17H2,1H3/b5-4+/t20-,21-,22-,23-. The number of rotatable bonds is 9. The summed E-state index contributed by atoms with van der Waals surface area (Å²) >= 11 is 0. The summed E-state index contributed by atoms with van der Waals surface area (Å²) in [5, 5.41) is 0. The van der Waals surface area contributed by atoms with Crippen molar-refractivity contribution in [3.8, 4) is 0 Å². The van der Waals surface area contributed by atoms with E-state index in [1.165, 1.54) is 64.2 Å². The second-order valence-corrected chi connectivity index (χ2v) is 10.3. The lowest BCUT2D eigenvalue weighted by molar-refractivity contribution is -0.142. The summed E-state index contributed by atoms with van der Waals surface area (Å²) in [7, 11) is 0. The molecule has 0 bridgehead atoms. The van der Waals surface area contributed by atoms with Gasteiger partial charge in [0.1, 0.15) is 17.2 Å². The average Bonchev–Trinajstić information content (AvgIpc) is 2.77. The molecule has 0 unspecified atom stereocenters. The second-order valence-electron chi connectivity index (χ2n) is 10.3. The van der Waals surface area contributed by atoms with Gasteiger partial charge < -0.3 is 0 Å². The summed E-state index contributed by atoms with van der Waals surface area (Å²) in [5.74, 6) is -0.786. The molecule has 2 fully saturated rings. The monoisotopic (exact) mass is 470 g/mol. The van der Waals surface area contributed by atoms with Crippen LogP contribution in [0.1, 0.15) is 114 Å². The molecule has 0 nitrogen and oxygen atoms in total. The molecule has 0 aromatic heterocycles. The maximum Gasteiger partial charge on any atom is 0.422 e. The van der Waals surface area contributed by atoms with Crippen molar-refractivity contribution in [2.24, 2.45) is 17.8 Å². The minimum absolute atomic E-state index is 0.0461. The van der Waals surface area contributed by atoms with Crippen molar-refractivity contribution in [1.29, 1.82) is 0 Å². The van der Waals surface area contributed by atoms with Crippen molar-refractivity contribution in [2.45, 2.75) is 109 Å². The van der Waals surface area contributed by atoms with E-state index in [9.17, 15) is 22.0 Å². The molecule has 0 radical (unpaired) electrons. The molecule has 0 saturated heterocycles. The third-order valence-corrected chi connectivity index (χ3v) is 8.00. The molecular formula is C28H39F5. The summed E-state index contributed by atoms with van der Waals surface area (Å²) in [6.07, 6.45) is 16.0. The second kappa shape index (κ2) is 12.4. The van der Waals surface area contributed by atoms with Crippen LogP contribution in [0.25, 0.3) is 0 Å². The van der Waals surface area contributed by atoms with E-state index in [2.05, 4.69) is 19.1 Å². The molecule has 3 rings (SSSR count). The first-order valence-electron chi connectivity index (χ1n) is 13.0. The van der Waals surface area contributed by atoms with E-state index < -0.39 is 23.4 Å². The Morgan fingerprint density at radius 2 is 1.33 bits per heavy atom. The van der Waals surface area contributed by atoms with Crippen LogP contribution in [-0.2, 0) is 6.18 Å². The van der Waals surface area contributed by atoms with Gasteiger partial charge in [-0.05, 0) is 99.2 Å². The predicted octanol–water partition coefficient (Wildman–Crippen LogP) is 9.98. The van der Waals surface area contributed by atoms with E-state index in [0.29, 0.717) is 11.5 Å². The average molecular weight is 471 g/mol. The van der Waals surface area contributed by atoms with E-state index in [1.807, 2.05) is 0 Å². The van der Waals surface area contributed by atoms with Crippen LogP contribution >= 0.6 is 0 Å². The van der Waals surface area contributed by atoms with E-state index in [1.54, 1.807) is 0 Å². The fourth-order valence-corrected chi connectivity index (χ4v) is 6.07. The molecule has 33 heavy (non-hydrogen) atoms. The minimum Gasteiger partial charge on any atom is -0.206 e. The molecule has 0 spiro atoms. The lowest BCUT2D eigenvalue weighted by Gasteiger charge is -2.38. The Hall–Kier alpha value is -1.39. The van der Waals surface area contributed by atoms with Crippen molar-refractivity contribution >= 4 is 0 Å². The lowest BCUT2D eigenvalue weighted by atomic mass is 9.68. The van der Waals surface area contributed by atoms with Crippen molar-refractivity contribution in [2.75, 3.05) is 0 Å². The van der Waals surface area contributed by atoms with Crippen LogP contribution in [-0.4, -0.2) is 0 Å². The van der Waals surface area contributed by atoms with Gasteiger partial charge in [-0.15, -0.1) is 0 Å². The Morgan fingerprint density at radius 1 is 0.788 bits per heavy atom. The van der Waals surface area contributed by atoms with Crippen LogP contribution in [0.2, 0.25) is 0 Å². The van der Waals surface area contributed by atoms with E-state index in [4.69, 9.17) is 0 Å². The summed E-state index contributed by atoms with van der Waals surface area (Å²) in [4.78, 5) is 0. The number of alkyl halides is 3. The van der Waals surface area contributed by atoms with Gasteiger partial charge in [0, 0.05) is 0 Å². The van der Waals surface area contributed by atoms with Gasteiger partial charge >= 0.3 is 6.18 Å². The largest absolute Gasteiger partial charge is 0.422 e. The Bertz CT molecular complexity index is 727. The van der Waals surface area contributed by atoms with Crippen molar-refractivity contribution in [1.82, 2.24) is 0 Å². The topological polar surface area (TPSA) is 0 Å². The van der Waals surface area contributed by atoms with Gasteiger partial charge in [-0.25, -0.2) is 8.78 Å². The van der Waals surface area contributed by atoms with E-state index >= 15 is 0 Å². The highest BCUT2D eigenvalue weighted by Gasteiger charge is 2.39. The number of benzene rings is 1. The molecule has 0 amide bonds. The molecule has 0 heterocycles. The maximum absolute atomic E-state index is 14.0. The molecule has 1 aromatic carbocycles. The van der Waals surface area contributed by atoms with Crippen LogP contribution in [0, 0.1) is 29.4 Å². The first kappa shape index (κ1) is 26.2. The summed E-state index contributed by atoms with van der Waals surface area (Å²) < 4.78 is 66.5. The molecular weight excluding hydrogens is 431 g/mol. The molecule has 0 N–H and O–H groups in total. The zero-order valence-corrected chi connectivity index (χ0v) is 19.9. The SMILES string of the molecule is CCC/C=C/CCCC[C@H]1CC[C@H]([C@H]2CC[C@H](c3cc(F)c(C(F)(F)F)c(F)c3)CC2)CC1.